The summed E-state index contributed by atoms with van der Waals surface area (Å²) >= 11 is 8.71. The minimum absolute atomic E-state index is 0.113. The van der Waals surface area contributed by atoms with Crippen LogP contribution in [0.4, 0.5) is 0 Å². The van der Waals surface area contributed by atoms with Crippen molar-refractivity contribution in [3.05, 3.63) is 62.8 Å². The van der Waals surface area contributed by atoms with Crippen LogP contribution in [0, 0.1) is 0 Å². The minimum atomic E-state index is -0.377. The molecule has 1 N–H and O–H groups in total. The monoisotopic (exact) mass is 406 g/mol. The summed E-state index contributed by atoms with van der Waals surface area (Å²) in [7, 11) is 0. The second-order valence-electron chi connectivity index (χ2n) is 5.29. The van der Waals surface area contributed by atoms with Crippen molar-refractivity contribution in [1.82, 2.24) is 10.3 Å². The number of carbonyl (C=O) groups is 2. The van der Waals surface area contributed by atoms with Crippen LogP contribution in [0.25, 0.3) is 10.6 Å². The molecule has 0 fully saturated rings. The van der Waals surface area contributed by atoms with Gasteiger partial charge in [-0.15, -0.1) is 22.7 Å². The highest BCUT2D eigenvalue weighted by Crippen LogP contribution is 2.25. The van der Waals surface area contributed by atoms with Crippen molar-refractivity contribution in [2.45, 2.75) is 13.0 Å². The van der Waals surface area contributed by atoms with Gasteiger partial charge in [0.25, 0.3) is 5.91 Å². The van der Waals surface area contributed by atoms with Crippen LogP contribution in [0.3, 0.4) is 0 Å². The molecule has 0 radical (unpaired) electrons. The number of hydrogen-bond acceptors (Lipinski definition) is 6. The molecule has 0 aliphatic heterocycles. The molecular formula is C18H15ClN2O3S2. The lowest BCUT2D eigenvalue weighted by Gasteiger charge is -2.04. The number of benzene rings is 1. The number of carbonyl (C=O) groups excluding carboxylic acids is 2. The molecule has 8 heteroatoms. The summed E-state index contributed by atoms with van der Waals surface area (Å²) in [5.41, 5.74) is 1.66. The fourth-order valence-electron chi connectivity index (χ4n) is 2.10. The Morgan fingerprint density at radius 2 is 1.96 bits per heavy atom. The summed E-state index contributed by atoms with van der Waals surface area (Å²) in [6.07, 6.45) is 0.116. The average molecular weight is 407 g/mol. The molecule has 0 unspecified atom stereocenters. The molecule has 0 aliphatic carbocycles. The number of nitrogens with one attached hydrogen (secondary N) is 1. The molecular weight excluding hydrogens is 392 g/mol. The van der Waals surface area contributed by atoms with E-state index in [1.807, 2.05) is 35.0 Å². The topological polar surface area (TPSA) is 68.3 Å². The van der Waals surface area contributed by atoms with E-state index in [-0.39, 0.29) is 31.4 Å². The lowest BCUT2D eigenvalue weighted by molar-refractivity contribution is -0.144. The van der Waals surface area contributed by atoms with Gasteiger partial charge in [-0.2, -0.15) is 0 Å². The molecule has 1 amide bonds. The van der Waals surface area contributed by atoms with Gasteiger partial charge in [0.2, 0.25) is 0 Å². The predicted octanol–water partition coefficient (Wildman–Crippen LogP) is 4.39. The molecule has 0 bridgehead atoms. The van der Waals surface area contributed by atoms with Crippen molar-refractivity contribution < 1.29 is 14.3 Å². The number of thiazole rings is 1. The molecule has 26 heavy (non-hydrogen) atoms. The fourth-order valence-corrected chi connectivity index (χ4v) is 3.67. The largest absolute Gasteiger partial charge is 0.459 e. The summed E-state index contributed by atoms with van der Waals surface area (Å²) in [5, 5.41) is 7.89. The summed E-state index contributed by atoms with van der Waals surface area (Å²) in [4.78, 5) is 28.6. The Morgan fingerprint density at radius 1 is 1.15 bits per heavy atom. The number of esters is 1. The van der Waals surface area contributed by atoms with Crippen molar-refractivity contribution in [1.29, 1.82) is 0 Å². The van der Waals surface area contributed by atoms with Crippen molar-refractivity contribution in [2.24, 2.45) is 0 Å². The van der Waals surface area contributed by atoms with Crippen molar-refractivity contribution in [3.63, 3.8) is 0 Å². The molecule has 2 aromatic heterocycles. The van der Waals surface area contributed by atoms with Gasteiger partial charge in [-0.05, 0) is 23.6 Å². The number of hydrogen-bond donors (Lipinski definition) is 1. The van der Waals surface area contributed by atoms with Gasteiger partial charge in [0.1, 0.15) is 11.6 Å². The van der Waals surface area contributed by atoms with Crippen molar-refractivity contribution >= 4 is 46.2 Å². The van der Waals surface area contributed by atoms with Gasteiger partial charge >= 0.3 is 5.97 Å². The van der Waals surface area contributed by atoms with Crippen LogP contribution in [0.5, 0.6) is 0 Å². The standard InChI is InChI=1S/C18H15ClN2O3S2/c19-13-5-3-12(4-6-13)18-21-14(11-26-18)10-24-16(22)7-8-20-17(23)15-2-1-9-25-15/h1-6,9,11H,7-8,10H2,(H,20,23). The third-order valence-corrected chi connectivity index (χ3v) is 5.44. The Kier molecular flexibility index (Phi) is 6.38. The first-order valence-corrected chi connectivity index (χ1v) is 9.93. The molecule has 0 spiro atoms. The van der Waals surface area contributed by atoms with Crippen LogP contribution in [0.2, 0.25) is 5.02 Å². The number of rotatable bonds is 7. The highest BCUT2D eigenvalue weighted by atomic mass is 35.5. The fraction of sp³-hybridized carbons (Fsp3) is 0.167. The number of halogens is 1. The zero-order valence-corrected chi connectivity index (χ0v) is 16.0. The summed E-state index contributed by atoms with van der Waals surface area (Å²) in [6, 6.07) is 10.9. The number of aromatic nitrogens is 1. The maximum atomic E-state index is 11.8. The van der Waals surface area contributed by atoms with Gasteiger partial charge in [0.05, 0.1) is 17.0 Å². The quantitative estimate of drug-likeness (QED) is 0.591. The van der Waals surface area contributed by atoms with Crippen LogP contribution in [0.1, 0.15) is 21.8 Å². The van der Waals surface area contributed by atoms with Gasteiger partial charge in [0, 0.05) is 22.5 Å². The third kappa shape index (κ3) is 5.14. The van der Waals surface area contributed by atoms with E-state index in [4.69, 9.17) is 16.3 Å². The molecule has 0 aliphatic rings. The number of amides is 1. The lowest BCUT2D eigenvalue weighted by Crippen LogP contribution is -2.25. The maximum Gasteiger partial charge on any atom is 0.307 e. The molecule has 3 aromatic rings. The first kappa shape index (κ1) is 18.6. The molecule has 5 nitrogen and oxygen atoms in total. The Hall–Kier alpha value is -2.22. The molecule has 2 heterocycles. The first-order chi connectivity index (χ1) is 12.6. The average Bonchev–Trinajstić information content (AvgIpc) is 3.32. The van der Waals surface area contributed by atoms with E-state index in [2.05, 4.69) is 10.3 Å². The van der Waals surface area contributed by atoms with Crippen LogP contribution >= 0.6 is 34.3 Å². The van der Waals surface area contributed by atoms with E-state index in [1.54, 1.807) is 12.1 Å². The van der Waals surface area contributed by atoms with E-state index in [0.717, 1.165) is 10.6 Å². The van der Waals surface area contributed by atoms with Crippen LogP contribution < -0.4 is 5.32 Å². The van der Waals surface area contributed by atoms with Crippen LogP contribution in [-0.2, 0) is 16.1 Å². The number of nitrogens with zero attached hydrogens (tertiary/aromatic N) is 1. The van der Waals surface area contributed by atoms with E-state index < -0.39 is 0 Å². The van der Waals surface area contributed by atoms with E-state index in [0.29, 0.717) is 15.6 Å². The van der Waals surface area contributed by atoms with Crippen LogP contribution in [0.15, 0.2) is 47.2 Å². The van der Waals surface area contributed by atoms with E-state index in [9.17, 15) is 9.59 Å². The zero-order valence-electron chi connectivity index (χ0n) is 13.6. The smallest absolute Gasteiger partial charge is 0.307 e. The minimum Gasteiger partial charge on any atom is -0.459 e. The van der Waals surface area contributed by atoms with E-state index in [1.165, 1.54) is 22.7 Å². The second kappa shape index (κ2) is 8.93. The Balaban J connectivity index is 1.42. The summed E-state index contributed by atoms with van der Waals surface area (Å²) in [5.74, 6) is -0.558. The first-order valence-electron chi connectivity index (χ1n) is 7.79. The third-order valence-electron chi connectivity index (χ3n) is 3.38. The number of ether oxygens (including phenoxy) is 1. The van der Waals surface area contributed by atoms with E-state index >= 15 is 0 Å². The van der Waals surface area contributed by atoms with Gasteiger partial charge in [-0.25, -0.2) is 4.98 Å². The van der Waals surface area contributed by atoms with Crippen molar-refractivity contribution in [2.75, 3.05) is 6.54 Å². The SMILES string of the molecule is O=C(CCNC(=O)c1cccs1)OCc1csc(-c2ccc(Cl)cc2)n1. The molecule has 0 saturated heterocycles. The lowest BCUT2D eigenvalue weighted by atomic mass is 10.2. The maximum absolute atomic E-state index is 11.8. The highest BCUT2D eigenvalue weighted by Gasteiger charge is 2.10. The highest BCUT2D eigenvalue weighted by molar-refractivity contribution is 7.13. The molecule has 1 aromatic carbocycles. The summed E-state index contributed by atoms with van der Waals surface area (Å²) < 4.78 is 5.20. The van der Waals surface area contributed by atoms with Gasteiger partial charge < -0.3 is 10.1 Å². The molecule has 0 atom stereocenters. The normalized spacial score (nSPS) is 10.5. The second-order valence-corrected chi connectivity index (χ2v) is 7.54. The van der Waals surface area contributed by atoms with Crippen LogP contribution in [-0.4, -0.2) is 23.4 Å². The zero-order chi connectivity index (χ0) is 18.4. The number of thiophene rings is 1. The Bertz CT molecular complexity index is 876. The Morgan fingerprint density at radius 3 is 2.69 bits per heavy atom. The van der Waals surface area contributed by atoms with Gasteiger partial charge in [-0.3, -0.25) is 9.59 Å². The van der Waals surface area contributed by atoms with Gasteiger partial charge in [0.15, 0.2) is 0 Å². The predicted molar refractivity (Wildman–Crippen MR) is 104 cm³/mol. The van der Waals surface area contributed by atoms with Gasteiger partial charge in [-0.1, -0.05) is 29.8 Å². The molecule has 3 rings (SSSR count). The van der Waals surface area contributed by atoms with Crippen molar-refractivity contribution in [3.8, 4) is 10.6 Å². The summed E-state index contributed by atoms with van der Waals surface area (Å²) in [6.45, 7) is 0.352. The Labute approximate surface area is 163 Å². The molecule has 0 saturated carbocycles. The molecule has 134 valence electrons.